The summed E-state index contributed by atoms with van der Waals surface area (Å²) in [6.45, 7) is 3.10. The molecule has 0 saturated heterocycles. The van der Waals surface area contributed by atoms with Gasteiger partial charge in [-0.3, -0.25) is 4.68 Å². The smallest absolute Gasteiger partial charge is 0.0999 e. The number of aromatic nitrogens is 2. The molecule has 0 spiro atoms. The molecule has 0 aliphatic rings. The molecule has 1 heterocycles. The fourth-order valence-corrected chi connectivity index (χ4v) is 1.99. The van der Waals surface area contributed by atoms with Crippen LogP contribution in [-0.2, 0) is 0 Å². The summed E-state index contributed by atoms with van der Waals surface area (Å²) >= 11 is 0. The highest BCUT2D eigenvalue weighted by atomic mass is 15.3. The maximum Gasteiger partial charge on any atom is 0.0999 e. The number of benzene rings is 1. The molecule has 17 heavy (non-hydrogen) atoms. The summed E-state index contributed by atoms with van der Waals surface area (Å²) in [6, 6.07) is 8.27. The van der Waals surface area contributed by atoms with E-state index in [0.29, 0.717) is 11.6 Å². The Hall–Kier alpha value is -1.86. The second-order valence-corrected chi connectivity index (χ2v) is 4.18. The molecule has 1 aromatic heterocycles. The summed E-state index contributed by atoms with van der Waals surface area (Å²) in [5.74, 6) is 0. The van der Waals surface area contributed by atoms with E-state index in [2.05, 4.69) is 23.4 Å². The number of rotatable bonds is 4. The van der Waals surface area contributed by atoms with Crippen LogP contribution in [-0.4, -0.2) is 23.4 Å². The normalized spacial score (nSPS) is 12.5. The Balaban J connectivity index is 2.40. The first-order chi connectivity index (χ1) is 8.27. The van der Waals surface area contributed by atoms with Gasteiger partial charge in [-0.05, 0) is 39.1 Å². The largest absolute Gasteiger partial charge is 0.320 e. The van der Waals surface area contributed by atoms with Crippen molar-refractivity contribution in [3.8, 4) is 6.07 Å². The highest BCUT2D eigenvalue weighted by Crippen LogP contribution is 2.22. The SMILES string of the molecule is CNCCC(C)n1ncc2c(C#N)cccc21. The van der Waals surface area contributed by atoms with E-state index < -0.39 is 0 Å². The monoisotopic (exact) mass is 228 g/mol. The molecule has 2 rings (SSSR count). The second-order valence-electron chi connectivity index (χ2n) is 4.18. The molecule has 4 nitrogen and oxygen atoms in total. The van der Waals surface area contributed by atoms with E-state index in [1.807, 2.05) is 29.9 Å². The lowest BCUT2D eigenvalue weighted by molar-refractivity contribution is 0.465. The van der Waals surface area contributed by atoms with Gasteiger partial charge in [0.15, 0.2) is 0 Å². The molecular formula is C13H16N4. The highest BCUT2D eigenvalue weighted by Gasteiger charge is 2.11. The molecular weight excluding hydrogens is 212 g/mol. The lowest BCUT2D eigenvalue weighted by atomic mass is 10.1. The lowest BCUT2D eigenvalue weighted by Crippen LogP contribution is -2.15. The van der Waals surface area contributed by atoms with Crippen molar-refractivity contribution in [2.45, 2.75) is 19.4 Å². The van der Waals surface area contributed by atoms with Gasteiger partial charge in [0.2, 0.25) is 0 Å². The van der Waals surface area contributed by atoms with Crippen molar-refractivity contribution < 1.29 is 0 Å². The van der Waals surface area contributed by atoms with Crippen molar-refractivity contribution >= 4 is 10.9 Å². The van der Waals surface area contributed by atoms with Crippen molar-refractivity contribution in [1.82, 2.24) is 15.1 Å². The Morgan fingerprint density at radius 3 is 3.06 bits per heavy atom. The average molecular weight is 228 g/mol. The molecule has 1 atom stereocenters. The first-order valence-corrected chi connectivity index (χ1v) is 5.79. The minimum atomic E-state index is 0.328. The molecule has 1 unspecified atom stereocenters. The van der Waals surface area contributed by atoms with Gasteiger partial charge in [-0.15, -0.1) is 0 Å². The summed E-state index contributed by atoms with van der Waals surface area (Å²) in [5, 5.41) is 17.5. The molecule has 0 bridgehead atoms. The van der Waals surface area contributed by atoms with Crippen LogP contribution >= 0.6 is 0 Å². The molecule has 2 aromatic rings. The fourth-order valence-electron chi connectivity index (χ4n) is 1.99. The van der Waals surface area contributed by atoms with Crippen molar-refractivity contribution in [2.75, 3.05) is 13.6 Å². The van der Waals surface area contributed by atoms with Gasteiger partial charge in [0.05, 0.1) is 29.4 Å². The van der Waals surface area contributed by atoms with Gasteiger partial charge in [-0.2, -0.15) is 10.4 Å². The molecule has 0 saturated carbocycles. The van der Waals surface area contributed by atoms with Crippen LogP contribution in [0.4, 0.5) is 0 Å². The van der Waals surface area contributed by atoms with Gasteiger partial charge in [0.1, 0.15) is 0 Å². The van der Waals surface area contributed by atoms with Crippen LogP contribution in [0.15, 0.2) is 24.4 Å². The van der Waals surface area contributed by atoms with Gasteiger partial charge in [-0.25, -0.2) is 0 Å². The minimum Gasteiger partial charge on any atom is -0.320 e. The van der Waals surface area contributed by atoms with Gasteiger partial charge in [-0.1, -0.05) is 6.07 Å². The number of nitrogens with one attached hydrogen (secondary N) is 1. The fraction of sp³-hybridized carbons (Fsp3) is 0.385. The lowest BCUT2D eigenvalue weighted by Gasteiger charge is -2.13. The van der Waals surface area contributed by atoms with Crippen LogP contribution in [0.3, 0.4) is 0 Å². The Morgan fingerprint density at radius 1 is 1.53 bits per heavy atom. The third-order valence-electron chi connectivity index (χ3n) is 2.99. The van der Waals surface area contributed by atoms with E-state index in [1.165, 1.54) is 0 Å². The number of nitrogens with zero attached hydrogens (tertiary/aromatic N) is 3. The van der Waals surface area contributed by atoms with Gasteiger partial charge in [0, 0.05) is 5.39 Å². The zero-order chi connectivity index (χ0) is 12.3. The predicted molar refractivity (Wildman–Crippen MR) is 67.7 cm³/mol. The van der Waals surface area contributed by atoms with Crippen molar-refractivity contribution in [1.29, 1.82) is 5.26 Å². The van der Waals surface area contributed by atoms with Crippen LogP contribution in [0.5, 0.6) is 0 Å². The van der Waals surface area contributed by atoms with Crippen molar-refractivity contribution in [3.05, 3.63) is 30.0 Å². The number of fused-ring (bicyclic) bond motifs is 1. The first kappa shape index (κ1) is 11.6. The predicted octanol–water partition coefficient (Wildman–Crippen LogP) is 2.08. The zero-order valence-electron chi connectivity index (χ0n) is 10.1. The molecule has 4 heteroatoms. The molecule has 1 N–H and O–H groups in total. The number of hydrogen-bond acceptors (Lipinski definition) is 3. The molecule has 0 radical (unpaired) electrons. The Kier molecular flexibility index (Phi) is 3.40. The summed E-state index contributed by atoms with van der Waals surface area (Å²) in [7, 11) is 1.95. The number of nitriles is 1. The number of hydrogen-bond donors (Lipinski definition) is 1. The van der Waals surface area contributed by atoms with E-state index in [4.69, 9.17) is 5.26 Å². The minimum absolute atomic E-state index is 0.328. The summed E-state index contributed by atoms with van der Waals surface area (Å²) < 4.78 is 1.99. The van der Waals surface area contributed by atoms with Crippen molar-refractivity contribution in [2.24, 2.45) is 0 Å². The van der Waals surface area contributed by atoms with E-state index in [9.17, 15) is 0 Å². The first-order valence-electron chi connectivity index (χ1n) is 5.79. The Bertz CT molecular complexity index is 550. The van der Waals surface area contributed by atoms with Gasteiger partial charge < -0.3 is 5.32 Å². The zero-order valence-corrected chi connectivity index (χ0v) is 10.1. The highest BCUT2D eigenvalue weighted by molar-refractivity contribution is 5.84. The molecule has 0 fully saturated rings. The standard InChI is InChI=1S/C13H16N4/c1-10(6-7-15-2)17-13-5-3-4-11(8-14)12(13)9-16-17/h3-5,9-10,15H,6-7H2,1-2H3. The maximum atomic E-state index is 9.03. The van der Waals surface area contributed by atoms with Crippen LogP contribution in [0.1, 0.15) is 24.9 Å². The van der Waals surface area contributed by atoms with Crippen molar-refractivity contribution in [3.63, 3.8) is 0 Å². The molecule has 88 valence electrons. The summed E-state index contributed by atoms with van der Waals surface area (Å²) in [4.78, 5) is 0. The van der Waals surface area contributed by atoms with E-state index in [-0.39, 0.29) is 0 Å². The molecule has 0 amide bonds. The van der Waals surface area contributed by atoms with E-state index in [1.54, 1.807) is 6.20 Å². The quantitative estimate of drug-likeness (QED) is 0.871. The molecule has 0 aliphatic heterocycles. The average Bonchev–Trinajstić information content (AvgIpc) is 2.79. The summed E-state index contributed by atoms with van der Waals surface area (Å²) in [6.07, 6.45) is 2.80. The van der Waals surface area contributed by atoms with Gasteiger partial charge in [0.25, 0.3) is 0 Å². The van der Waals surface area contributed by atoms with Gasteiger partial charge >= 0.3 is 0 Å². The van der Waals surface area contributed by atoms with E-state index >= 15 is 0 Å². The van der Waals surface area contributed by atoms with Crippen LogP contribution < -0.4 is 5.32 Å². The van der Waals surface area contributed by atoms with Crippen LogP contribution in [0, 0.1) is 11.3 Å². The summed E-state index contributed by atoms with van der Waals surface area (Å²) in [5.41, 5.74) is 1.72. The van der Waals surface area contributed by atoms with Crippen LogP contribution in [0.2, 0.25) is 0 Å². The molecule has 1 aromatic carbocycles. The second kappa shape index (κ2) is 4.98. The molecule has 0 aliphatic carbocycles. The Labute approximate surface area is 101 Å². The third-order valence-corrected chi connectivity index (χ3v) is 2.99. The topological polar surface area (TPSA) is 53.6 Å². The third kappa shape index (κ3) is 2.15. The van der Waals surface area contributed by atoms with E-state index in [0.717, 1.165) is 23.9 Å². The Morgan fingerprint density at radius 2 is 2.35 bits per heavy atom. The van der Waals surface area contributed by atoms with Crippen LogP contribution in [0.25, 0.3) is 10.9 Å². The maximum absolute atomic E-state index is 9.03.